The lowest BCUT2D eigenvalue weighted by Crippen LogP contribution is -2.27. The fourth-order valence-corrected chi connectivity index (χ4v) is 0.861. The van der Waals surface area contributed by atoms with Crippen LogP contribution in [0.25, 0.3) is 6.08 Å². The maximum absolute atomic E-state index is 10.3. The van der Waals surface area contributed by atoms with Gasteiger partial charge in [0.1, 0.15) is 6.04 Å². The first-order valence-corrected chi connectivity index (χ1v) is 3.92. The van der Waals surface area contributed by atoms with Crippen molar-refractivity contribution in [2.75, 3.05) is 0 Å². The zero-order valence-corrected chi connectivity index (χ0v) is 7.05. The van der Waals surface area contributed by atoms with Crippen LogP contribution in [0.3, 0.4) is 0 Å². The van der Waals surface area contributed by atoms with Gasteiger partial charge in [0.15, 0.2) is 0 Å². The number of carbonyl (C=O) groups is 1. The van der Waals surface area contributed by atoms with Crippen molar-refractivity contribution in [3.8, 4) is 0 Å². The molecule has 1 aromatic rings. The normalized spacial score (nSPS) is 13.0. The molecule has 0 aliphatic carbocycles. The summed E-state index contributed by atoms with van der Waals surface area (Å²) in [6, 6.07) is 8.49. The maximum Gasteiger partial charge on any atom is 0.324 e. The summed E-state index contributed by atoms with van der Waals surface area (Å²) >= 11 is 0. The van der Waals surface area contributed by atoms with Crippen molar-refractivity contribution in [3.63, 3.8) is 0 Å². The Labute approximate surface area is 76.5 Å². The molecule has 0 aliphatic rings. The van der Waals surface area contributed by atoms with E-state index in [0.29, 0.717) is 0 Å². The van der Waals surface area contributed by atoms with Gasteiger partial charge in [-0.2, -0.15) is 0 Å². The van der Waals surface area contributed by atoms with Gasteiger partial charge >= 0.3 is 5.97 Å². The third kappa shape index (κ3) is 3.09. The standard InChI is InChI=1S/C10H11NO2/c11-9(10(12)13)7-6-8-4-2-1-3-5-8/h1-7,9H,11H2,(H,12,13)/b7-6-/t9-/m0/s1. The van der Waals surface area contributed by atoms with Crippen LogP contribution in [-0.2, 0) is 4.79 Å². The minimum absolute atomic E-state index is 0.930. The Morgan fingerprint density at radius 3 is 2.54 bits per heavy atom. The highest BCUT2D eigenvalue weighted by Gasteiger charge is 2.04. The first-order chi connectivity index (χ1) is 6.20. The van der Waals surface area contributed by atoms with Crippen LogP contribution in [0, 0.1) is 0 Å². The second-order valence-corrected chi connectivity index (χ2v) is 2.63. The van der Waals surface area contributed by atoms with E-state index in [4.69, 9.17) is 10.8 Å². The minimum Gasteiger partial charge on any atom is -0.480 e. The molecule has 0 saturated heterocycles. The summed E-state index contributed by atoms with van der Waals surface area (Å²) in [7, 11) is 0. The molecule has 0 radical (unpaired) electrons. The second kappa shape index (κ2) is 4.42. The summed E-state index contributed by atoms with van der Waals surface area (Å²) in [6.07, 6.45) is 3.15. The summed E-state index contributed by atoms with van der Waals surface area (Å²) in [5.74, 6) is -1.02. The van der Waals surface area contributed by atoms with Crippen LogP contribution >= 0.6 is 0 Å². The predicted octanol–water partition coefficient (Wildman–Crippen LogP) is 1.11. The Morgan fingerprint density at radius 1 is 1.38 bits per heavy atom. The Morgan fingerprint density at radius 2 is 2.00 bits per heavy atom. The van der Waals surface area contributed by atoms with Gasteiger partial charge in [-0.3, -0.25) is 4.79 Å². The molecule has 3 nitrogen and oxygen atoms in total. The largest absolute Gasteiger partial charge is 0.480 e. The first-order valence-electron chi connectivity index (χ1n) is 3.92. The number of nitrogens with two attached hydrogens (primary N) is 1. The smallest absolute Gasteiger partial charge is 0.324 e. The van der Waals surface area contributed by atoms with Crippen molar-refractivity contribution in [2.45, 2.75) is 6.04 Å². The van der Waals surface area contributed by atoms with Gasteiger partial charge in [-0.1, -0.05) is 42.5 Å². The molecular formula is C10H11NO2. The molecule has 3 N–H and O–H groups in total. The van der Waals surface area contributed by atoms with Gasteiger partial charge in [-0.25, -0.2) is 0 Å². The summed E-state index contributed by atoms with van der Waals surface area (Å²) in [6.45, 7) is 0. The number of hydrogen-bond acceptors (Lipinski definition) is 2. The van der Waals surface area contributed by atoms with E-state index < -0.39 is 12.0 Å². The Kier molecular flexibility index (Phi) is 3.23. The molecule has 68 valence electrons. The topological polar surface area (TPSA) is 63.3 Å². The van der Waals surface area contributed by atoms with Gasteiger partial charge in [-0.05, 0) is 5.56 Å². The highest BCUT2D eigenvalue weighted by atomic mass is 16.4. The van der Waals surface area contributed by atoms with E-state index in [1.165, 1.54) is 6.08 Å². The van der Waals surface area contributed by atoms with E-state index in [1.54, 1.807) is 6.08 Å². The van der Waals surface area contributed by atoms with Crippen molar-refractivity contribution in [1.29, 1.82) is 0 Å². The van der Waals surface area contributed by atoms with Crippen LogP contribution in [0.5, 0.6) is 0 Å². The highest BCUT2D eigenvalue weighted by Crippen LogP contribution is 2.01. The number of carboxylic acids is 1. The molecule has 1 rings (SSSR count). The van der Waals surface area contributed by atoms with Gasteiger partial charge < -0.3 is 10.8 Å². The van der Waals surface area contributed by atoms with Crippen LogP contribution in [0.1, 0.15) is 5.56 Å². The predicted molar refractivity (Wildman–Crippen MR) is 51.1 cm³/mol. The molecule has 0 unspecified atom stereocenters. The molecule has 0 heterocycles. The summed E-state index contributed by atoms with van der Waals surface area (Å²) in [5, 5.41) is 8.48. The molecule has 0 fully saturated rings. The quantitative estimate of drug-likeness (QED) is 0.727. The minimum atomic E-state index is -1.02. The molecule has 0 aromatic heterocycles. The van der Waals surface area contributed by atoms with Crippen LogP contribution in [0.2, 0.25) is 0 Å². The SMILES string of the molecule is N[C@@H](/C=C\c1ccccc1)C(=O)O. The lowest BCUT2D eigenvalue weighted by Gasteiger charge is -1.97. The van der Waals surface area contributed by atoms with Crippen LogP contribution < -0.4 is 5.73 Å². The van der Waals surface area contributed by atoms with E-state index in [0.717, 1.165) is 5.56 Å². The molecule has 0 aliphatic heterocycles. The average molecular weight is 177 g/mol. The lowest BCUT2D eigenvalue weighted by molar-refractivity contribution is -0.137. The molecule has 0 amide bonds. The Bertz CT molecular complexity index is 306. The monoisotopic (exact) mass is 177 g/mol. The van der Waals surface area contributed by atoms with Crippen molar-refractivity contribution in [1.82, 2.24) is 0 Å². The zero-order valence-electron chi connectivity index (χ0n) is 7.05. The van der Waals surface area contributed by atoms with Crippen molar-refractivity contribution >= 4 is 12.0 Å². The van der Waals surface area contributed by atoms with Crippen LogP contribution in [0.4, 0.5) is 0 Å². The van der Waals surface area contributed by atoms with Crippen LogP contribution in [-0.4, -0.2) is 17.1 Å². The summed E-state index contributed by atoms with van der Waals surface area (Å²) in [4.78, 5) is 10.3. The fourth-order valence-electron chi connectivity index (χ4n) is 0.861. The Balaban J connectivity index is 2.64. The number of aliphatic carboxylic acids is 1. The average Bonchev–Trinajstić information content (AvgIpc) is 2.15. The summed E-state index contributed by atoms with van der Waals surface area (Å²) in [5.41, 5.74) is 6.22. The van der Waals surface area contributed by atoms with Gasteiger partial charge in [0.2, 0.25) is 0 Å². The zero-order chi connectivity index (χ0) is 9.68. The van der Waals surface area contributed by atoms with E-state index in [-0.39, 0.29) is 0 Å². The van der Waals surface area contributed by atoms with Crippen LogP contribution in [0.15, 0.2) is 36.4 Å². The Hall–Kier alpha value is -1.61. The molecule has 3 heteroatoms. The van der Waals surface area contributed by atoms with Crippen molar-refractivity contribution < 1.29 is 9.90 Å². The number of hydrogen-bond donors (Lipinski definition) is 2. The number of benzene rings is 1. The third-order valence-electron chi connectivity index (χ3n) is 1.58. The van der Waals surface area contributed by atoms with Crippen molar-refractivity contribution in [2.24, 2.45) is 5.73 Å². The van der Waals surface area contributed by atoms with Gasteiger partial charge in [0.25, 0.3) is 0 Å². The molecule has 0 bridgehead atoms. The lowest BCUT2D eigenvalue weighted by atomic mass is 10.2. The number of carboxylic acid groups (broad SMARTS) is 1. The third-order valence-corrected chi connectivity index (χ3v) is 1.58. The first kappa shape index (κ1) is 9.48. The molecular weight excluding hydrogens is 166 g/mol. The van der Waals surface area contributed by atoms with Gasteiger partial charge in [-0.15, -0.1) is 0 Å². The van der Waals surface area contributed by atoms with Crippen molar-refractivity contribution in [3.05, 3.63) is 42.0 Å². The van der Waals surface area contributed by atoms with E-state index in [2.05, 4.69) is 0 Å². The summed E-state index contributed by atoms with van der Waals surface area (Å²) < 4.78 is 0. The maximum atomic E-state index is 10.3. The highest BCUT2D eigenvalue weighted by molar-refractivity contribution is 5.77. The van der Waals surface area contributed by atoms with Gasteiger partial charge in [0.05, 0.1) is 0 Å². The molecule has 0 saturated carbocycles. The second-order valence-electron chi connectivity index (χ2n) is 2.63. The fraction of sp³-hybridized carbons (Fsp3) is 0.100. The molecule has 1 aromatic carbocycles. The molecule has 0 spiro atoms. The number of rotatable bonds is 3. The van der Waals surface area contributed by atoms with E-state index in [9.17, 15) is 4.79 Å². The molecule has 13 heavy (non-hydrogen) atoms. The van der Waals surface area contributed by atoms with Gasteiger partial charge in [0, 0.05) is 0 Å². The van der Waals surface area contributed by atoms with E-state index >= 15 is 0 Å². The molecule has 1 atom stereocenters. The van der Waals surface area contributed by atoms with E-state index in [1.807, 2.05) is 30.3 Å².